The summed E-state index contributed by atoms with van der Waals surface area (Å²) in [4.78, 5) is 26.7. The molecule has 2 aromatic carbocycles. The molecule has 3 rings (SSSR count). The molecule has 1 atom stereocenters. The lowest BCUT2D eigenvalue weighted by atomic mass is 10.1. The number of para-hydroxylation sites is 2. The Morgan fingerprint density at radius 3 is 2.59 bits per heavy atom. The van der Waals surface area contributed by atoms with Crippen LogP contribution in [-0.4, -0.2) is 37.2 Å². The van der Waals surface area contributed by atoms with E-state index >= 15 is 0 Å². The largest absolute Gasteiger partial charge is 0.495 e. The topological polar surface area (TPSA) is 65.1 Å². The summed E-state index contributed by atoms with van der Waals surface area (Å²) in [5, 5.41) is -0.883. The van der Waals surface area contributed by atoms with E-state index in [1.165, 1.54) is 19.1 Å². The average molecular weight is 476 g/mol. The third kappa shape index (κ3) is 4.36. The molecule has 29 heavy (non-hydrogen) atoms. The summed E-state index contributed by atoms with van der Waals surface area (Å²) in [5.74, 6) is 3.58. The van der Waals surface area contributed by atoms with Crippen molar-refractivity contribution in [2.24, 2.45) is 0 Å². The summed E-state index contributed by atoms with van der Waals surface area (Å²) in [6.07, 6.45) is 5.60. The van der Waals surface area contributed by atoms with Crippen LogP contribution in [0.25, 0.3) is 0 Å². The van der Waals surface area contributed by atoms with E-state index < -0.39 is 5.25 Å². The van der Waals surface area contributed by atoms with Gasteiger partial charge in [-0.3, -0.25) is 9.59 Å². The molecule has 0 N–H and O–H groups in total. The van der Waals surface area contributed by atoms with Crippen molar-refractivity contribution < 1.29 is 23.8 Å². The number of hydrogen-bond acceptors (Lipinski definition) is 6. The minimum Gasteiger partial charge on any atom is -0.495 e. The number of imide groups is 1. The first-order valence-corrected chi connectivity index (χ1v) is 10.3. The number of anilines is 1. The summed E-state index contributed by atoms with van der Waals surface area (Å²) in [6.45, 7) is 0.105. The molecule has 2 amide bonds. The monoisotopic (exact) mass is 475 g/mol. The van der Waals surface area contributed by atoms with Gasteiger partial charge in [0.15, 0.2) is 11.5 Å². The van der Waals surface area contributed by atoms with Crippen molar-refractivity contribution in [3.63, 3.8) is 0 Å². The quantitative estimate of drug-likeness (QED) is 0.556. The maximum atomic E-state index is 13.0. The fourth-order valence-electron chi connectivity index (χ4n) is 2.98. The molecule has 0 spiro atoms. The molecule has 0 unspecified atom stereocenters. The predicted octanol–water partition coefficient (Wildman–Crippen LogP) is 4.29. The van der Waals surface area contributed by atoms with E-state index in [0.717, 1.165) is 17.3 Å². The van der Waals surface area contributed by atoms with Crippen LogP contribution >= 0.6 is 27.7 Å². The number of halogens is 1. The Morgan fingerprint density at radius 2 is 1.90 bits per heavy atom. The van der Waals surface area contributed by atoms with Crippen LogP contribution in [0, 0.1) is 12.3 Å². The number of hydrogen-bond donors (Lipinski definition) is 0. The average Bonchev–Trinajstić information content (AvgIpc) is 2.99. The smallest absolute Gasteiger partial charge is 0.293 e. The lowest BCUT2D eigenvalue weighted by Gasteiger charge is -2.17. The number of terminal acetylenes is 1. The molecule has 0 radical (unpaired) electrons. The van der Waals surface area contributed by atoms with Crippen molar-refractivity contribution in [1.29, 1.82) is 0 Å². The molecule has 2 aromatic rings. The van der Waals surface area contributed by atoms with E-state index in [1.807, 2.05) is 6.07 Å². The zero-order chi connectivity index (χ0) is 21.0. The van der Waals surface area contributed by atoms with Crippen LogP contribution in [0.5, 0.6) is 17.2 Å². The number of amides is 2. The van der Waals surface area contributed by atoms with Gasteiger partial charge in [-0.1, -0.05) is 29.8 Å². The molecular formula is C21H18BrNO5S. The normalized spacial score (nSPS) is 15.9. The van der Waals surface area contributed by atoms with Crippen LogP contribution in [0.15, 0.2) is 40.9 Å². The van der Waals surface area contributed by atoms with Gasteiger partial charge in [-0.15, -0.1) is 6.42 Å². The second-order valence-corrected chi connectivity index (χ2v) is 8.03. The molecule has 1 saturated heterocycles. The van der Waals surface area contributed by atoms with Gasteiger partial charge in [0.2, 0.25) is 5.91 Å². The van der Waals surface area contributed by atoms with Crippen molar-refractivity contribution in [2.75, 3.05) is 25.7 Å². The lowest BCUT2D eigenvalue weighted by Crippen LogP contribution is -2.32. The molecule has 1 aliphatic rings. The van der Waals surface area contributed by atoms with Crippen molar-refractivity contribution in [1.82, 2.24) is 0 Å². The van der Waals surface area contributed by atoms with Crippen LogP contribution in [0.3, 0.4) is 0 Å². The van der Waals surface area contributed by atoms with Crippen LogP contribution < -0.4 is 19.1 Å². The number of carbonyl (C=O) groups excluding carboxylic acids is 2. The standard InChI is InChI=1S/C21H18BrNO5S/c1-4-9-28-19-14(22)10-13(11-17(19)27-3)12-18-20(24)23(21(25)29-18)15-7-5-6-8-16(15)26-2/h1,5-8,10-11,18H,9,12H2,2-3H3/t18-/m1/s1. The number of rotatable bonds is 7. The zero-order valence-corrected chi connectivity index (χ0v) is 18.2. The molecule has 1 heterocycles. The van der Waals surface area contributed by atoms with E-state index in [-0.39, 0.29) is 17.8 Å². The van der Waals surface area contributed by atoms with Gasteiger partial charge in [0.1, 0.15) is 12.4 Å². The Morgan fingerprint density at radius 1 is 1.17 bits per heavy atom. The summed E-state index contributed by atoms with van der Waals surface area (Å²) < 4.78 is 16.9. The predicted molar refractivity (Wildman–Crippen MR) is 116 cm³/mol. The maximum Gasteiger partial charge on any atom is 0.293 e. The summed E-state index contributed by atoms with van der Waals surface area (Å²) in [6, 6.07) is 10.6. The molecule has 6 nitrogen and oxygen atoms in total. The zero-order valence-electron chi connectivity index (χ0n) is 15.8. The first kappa shape index (κ1) is 21.1. The van der Waals surface area contributed by atoms with Crippen molar-refractivity contribution in [3.05, 3.63) is 46.4 Å². The molecule has 150 valence electrons. The minimum atomic E-state index is -0.554. The van der Waals surface area contributed by atoms with Crippen LogP contribution in [0.2, 0.25) is 0 Å². The molecule has 8 heteroatoms. The van der Waals surface area contributed by atoms with E-state index in [9.17, 15) is 9.59 Å². The number of benzene rings is 2. The highest BCUT2D eigenvalue weighted by Crippen LogP contribution is 2.40. The highest BCUT2D eigenvalue weighted by Gasteiger charge is 2.41. The Kier molecular flexibility index (Phi) is 6.72. The molecule has 0 aliphatic carbocycles. The fraction of sp³-hybridized carbons (Fsp3) is 0.238. The van der Waals surface area contributed by atoms with Gasteiger partial charge in [0, 0.05) is 0 Å². The molecule has 1 fully saturated rings. The second kappa shape index (κ2) is 9.25. The second-order valence-electron chi connectivity index (χ2n) is 6.02. The van der Waals surface area contributed by atoms with Crippen LogP contribution in [0.1, 0.15) is 5.56 Å². The first-order chi connectivity index (χ1) is 14.0. The number of nitrogens with zero attached hydrogens (tertiary/aromatic N) is 1. The van der Waals surface area contributed by atoms with Crippen molar-refractivity contribution >= 4 is 44.5 Å². The summed E-state index contributed by atoms with van der Waals surface area (Å²) in [7, 11) is 3.03. The summed E-state index contributed by atoms with van der Waals surface area (Å²) >= 11 is 4.45. The van der Waals surface area contributed by atoms with Crippen molar-refractivity contribution in [2.45, 2.75) is 11.7 Å². The van der Waals surface area contributed by atoms with Gasteiger partial charge in [0.25, 0.3) is 5.24 Å². The van der Waals surface area contributed by atoms with Gasteiger partial charge in [-0.05, 0) is 52.2 Å². The highest BCUT2D eigenvalue weighted by molar-refractivity contribution is 9.10. The van der Waals surface area contributed by atoms with Gasteiger partial charge < -0.3 is 14.2 Å². The van der Waals surface area contributed by atoms with Crippen LogP contribution in [0.4, 0.5) is 10.5 Å². The maximum absolute atomic E-state index is 13.0. The van der Waals surface area contributed by atoms with Gasteiger partial charge >= 0.3 is 0 Å². The summed E-state index contributed by atoms with van der Waals surface area (Å²) in [5.41, 5.74) is 1.26. The van der Waals surface area contributed by atoms with Crippen LogP contribution in [-0.2, 0) is 11.2 Å². The SMILES string of the molecule is C#CCOc1c(Br)cc(C[C@H]2SC(=O)N(c3ccccc3OC)C2=O)cc1OC. The number of carbonyl (C=O) groups is 2. The van der Waals surface area contributed by atoms with E-state index in [2.05, 4.69) is 21.9 Å². The van der Waals surface area contributed by atoms with E-state index in [1.54, 1.807) is 30.3 Å². The number of methoxy groups -OCH3 is 2. The molecule has 1 aliphatic heterocycles. The van der Waals surface area contributed by atoms with Gasteiger partial charge in [-0.25, -0.2) is 4.90 Å². The Labute approximate surface area is 181 Å². The number of ether oxygens (including phenoxy) is 3. The van der Waals surface area contributed by atoms with Crippen molar-refractivity contribution in [3.8, 4) is 29.6 Å². The third-order valence-corrected chi connectivity index (χ3v) is 5.88. The minimum absolute atomic E-state index is 0.105. The Balaban J connectivity index is 1.84. The fourth-order valence-corrected chi connectivity index (χ4v) is 4.60. The molecular weight excluding hydrogens is 458 g/mol. The molecule has 0 bridgehead atoms. The highest BCUT2D eigenvalue weighted by atomic mass is 79.9. The third-order valence-electron chi connectivity index (χ3n) is 4.26. The Hall–Kier alpha value is -2.63. The van der Waals surface area contributed by atoms with Gasteiger partial charge in [0.05, 0.1) is 29.6 Å². The number of thioether (sulfide) groups is 1. The van der Waals surface area contributed by atoms with Gasteiger partial charge in [-0.2, -0.15) is 0 Å². The first-order valence-electron chi connectivity index (χ1n) is 8.60. The van der Waals surface area contributed by atoms with E-state index in [0.29, 0.717) is 33.8 Å². The van der Waals surface area contributed by atoms with E-state index in [4.69, 9.17) is 20.6 Å². The molecule has 0 saturated carbocycles. The Bertz CT molecular complexity index is 988. The lowest BCUT2D eigenvalue weighted by molar-refractivity contribution is -0.117. The molecule has 0 aromatic heterocycles.